The summed E-state index contributed by atoms with van der Waals surface area (Å²) in [4.78, 5) is 22.7. The van der Waals surface area contributed by atoms with Crippen molar-refractivity contribution in [3.05, 3.63) is 54.2 Å². The van der Waals surface area contributed by atoms with Crippen LogP contribution in [0.25, 0.3) is 16.7 Å². The highest BCUT2D eigenvalue weighted by Crippen LogP contribution is 2.15. The van der Waals surface area contributed by atoms with Gasteiger partial charge in [0, 0.05) is 39.0 Å². The maximum atomic E-state index is 12.9. The van der Waals surface area contributed by atoms with Crippen LogP contribution in [0.1, 0.15) is 23.1 Å². The Bertz CT molecular complexity index is 1010. The van der Waals surface area contributed by atoms with E-state index < -0.39 is 0 Å². The van der Waals surface area contributed by atoms with Gasteiger partial charge in [-0.1, -0.05) is 12.1 Å². The van der Waals surface area contributed by atoms with Crippen molar-refractivity contribution in [1.82, 2.24) is 29.0 Å². The lowest BCUT2D eigenvalue weighted by Crippen LogP contribution is -2.33. The summed E-state index contributed by atoms with van der Waals surface area (Å²) in [6.07, 6.45) is 6.06. The number of H-pyrrole nitrogens is 1. The van der Waals surface area contributed by atoms with Crippen LogP contribution in [0.5, 0.6) is 0 Å². The fourth-order valence-electron chi connectivity index (χ4n) is 3.14. The van der Waals surface area contributed by atoms with Crippen molar-refractivity contribution in [2.45, 2.75) is 13.3 Å². The van der Waals surface area contributed by atoms with Crippen molar-refractivity contribution in [3.8, 4) is 0 Å². The van der Waals surface area contributed by atoms with Gasteiger partial charge in [0.2, 0.25) is 0 Å². The predicted octanol–water partition coefficient (Wildman–Crippen LogP) is 2.25. The lowest BCUT2D eigenvalue weighted by Gasteiger charge is -2.19. The number of nitrogens with one attached hydrogen (secondary N) is 1. The number of benzene rings is 1. The van der Waals surface area contributed by atoms with Crippen molar-refractivity contribution in [2.75, 3.05) is 13.1 Å². The highest BCUT2D eigenvalue weighted by atomic mass is 16.2. The molecular formula is C18H20N6O. The first-order valence-electron chi connectivity index (χ1n) is 8.39. The van der Waals surface area contributed by atoms with Crippen LogP contribution in [0.4, 0.5) is 0 Å². The molecule has 0 aliphatic heterocycles. The van der Waals surface area contributed by atoms with E-state index in [1.807, 2.05) is 60.1 Å². The molecule has 3 heterocycles. The standard InChI is InChI=1S/C18H20N6O/c1-3-23(9-8-16-20-14-6-4-5-7-15(14)21-16)18(25)13-12-19-24-11-10-22(2)17(13)24/h4-7,10-12H,3,8-9H2,1-2H3,(H,20,21). The maximum Gasteiger partial charge on any atom is 0.259 e. The second kappa shape index (κ2) is 6.08. The fraction of sp³-hybridized carbons (Fsp3) is 0.278. The molecule has 0 bridgehead atoms. The molecule has 0 saturated carbocycles. The van der Waals surface area contributed by atoms with Crippen LogP contribution < -0.4 is 0 Å². The first-order valence-corrected chi connectivity index (χ1v) is 8.39. The second-order valence-corrected chi connectivity index (χ2v) is 6.07. The van der Waals surface area contributed by atoms with Crippen LogP contribution in [-0.4, -0.2) is 48.0 Å². The summed E-state index contributed by atoms with van der Waals surface area (Å²) in [7, 11) is 1.92. The molecule has 1 aromatic carbocycles. The highest BCUT2D eigenvalue weighted by molar-refractivity contribution is 5.99. The van der Waals surface area contributed by atoms with E-state index in [4.69, 9.17) is 0 Å². The lowest BCUT2D eigenvalue weighted by atomic mass is 10.2. The van der Waals surface area contributed by atoms with E-state index in [0.29, 0.717) is 25.1 Å². The molecule has 7 heteroatoms. The summed E-state index contributed by atoms with van der Waals surface area (Å²) in [5, 5.41) is 4.25. The predicted molar refractivity (Wildman–Crippen MR) is 95.5 cm³/mol. The maximum absolute atomic E-state index is 12.9. The molecule has 0 unspecified atom stereocenters. The monoisotopic (exact) mass is 336 g/mol. The molecule has 0 aliphatic carbocycles. The third kappa shape index (κ3) is 2.67. The zero-order chi connectivity index (χ0) is 17.4. The summed E-state index contributed by atoms with van der Waals surface area (Å²) >= 11 is 0. The molecule has 4 aromatic rings. The molecule has 3 aromatic heterocycles. The molecule has 0 fully saturated rings. The van der Waals surface area contributed by atoms with Gasteiger partial charge in [0.1, 0.15) is 17.0 Å². The van der Waals surface area contributed by atoms with Gasteiger partial charge in [0.05, 0.1) is 17.2 Å². The Hall–Kier alpha value is -3.09. The van der Waals surface area contributed by atoms with Crippen molar-refractivity contribution in [1.29, 1.82) is 0 Å². The van der Waals surface area contributed by atoms with E-state index >= 15 is 0 Å². The molecule has 128 valence electrons. The fourth-order valence-corrected chi connectivity index (χ4v) is 3.14. The van der Waals surface area contributed by atoms with E-state index in [1.165, 1.54) is 0 Å². The van der Waals surface area contributed by atoms with Gasteiger partial charge < -0.3 is 14.5 Å². The number of nitrogens with zero attached hydrogens (tertiary/aromatic N) is 5. The van der Waals surface area contributed by atoms with Gasteiger partial charge >= 0.3 is 0 Å². The number of amides is 1. The zero-order valence-electron chi connectivity index (χ0n) is 14.3. The van der Waals surface area contributed by atoms with Crippen LogP contribution in [0.2, 0.25) is 0 Å². The average molecular weight is 336 g/mol. The van der Waals surface area contributed by atoms with E-state index in [-0.39, 0.29) is 5.91 Å². The van der Waals surface area contributed by atoms with Gasteiger partial charge in [-0.3, -0.25) is 4.79 Å². The number of aromatic nitrogens is 5. The van der Waals surface area contributed by atoms with Gasteiger partial charge in [-0.15, -0.1) is 0 Å². The Kier molecular flexibility index (Phi) is 3.76. The third-order valence-electron chi connectivity index (χ3n) is 4.49. The first-order chi connectivity index (χ1) is 12.2. The lowest BCUT2D eigenvalue weighted by molar-refractivity contribution is 0.0767. The summed E-state index contributed by atoms with van der Waals surface area (Å²) in [5.74, 6) is 0.891. The van der Waals surface area contributed by atoms with Gasteiger partial charge in [-0.25, -0.2) is 9.50 Å². The molecule has 1 N–H and O–H groups in total. The summed E-state index contributed by atoms with van der Waals surface area (Å²) in [6, 6.07) is 7.95. The zero-order valence-corrected chi connectivity index (χ0v) is 14.3. The minimum Gasteiger partial charge on any atom is -0.342 e. The number of likely N-dealkylation sites (N-methyl/N-ethyl adjacent to an activating group) is 1. The van der Waals surface area contributed by atoms with Crippen molar-refractivity contribution in [3.63, 3.8) is 0 Å². The number of imidazole rings is 2. The van der Waals surface area contributed by atoms with Crippen LogP contribution in [-0.2, 0) is 13.5 Å². The Labute approximate surface area is 144 Å². The molecule has 25 heavy (non-hydrogen) atoms. The van der Waals surface area contributed by atoms with Gasteiger partial charge in [-0.05, 0) is 19.1 Å². The van der Waals surface area contributed by atoms with Crippen LogP contribution >= 0.6 is 0 Å². The van der Waals surface area contributed by atoms with Gasteiger partial charge in [0.25, 0.3) is 5.91 Å². The molecular weight excluding hydrogens is 316 g/mol. The Morgan fingerprint density at radius 1 is 1.28 bits per heavy atom. The van der Waals surface area contributed by atoms with Crippen molar-refractivity contribution < 1.29 is 4.79 Å². The Morgan fingerprint density at radius 2 is 2.12 bits per heavy atom. The summed E-state index contributed by atoms with van der Waals surface area (Å²) < 4.78 is 3.63. The summed E-state index contributed by atoms with van der Waals surface area (Å²) in [6.45, 7) is 3.24. The quantitative estimate of drug-likeness (QED) is 0.608. The number of carbonyl (C=O) groups excluding carboxylic acids is 1. The minimum atomic E-state index is -0.00425. The Morgan fingerprint density at radius 3 is 2.92 bits per heavy atom. The highest BCUT2D eigenvalue weighted by Gasteiger charge is 2.20. The number of hydrogen-bond acceptors (Lipinski definition) is 3. The molecule has 0 radical (unpaired) electrons. The third-order valence-corrected chi connectivity index (χ3v) is 4.49. The van der Waals surface area contributed by atoms with E-state index in [9.17, 15) is 4.79 Å². The number of hydrogen-bond donors (Lipinski definition) is 1. The van der Waals surface area contributed by atoms with Gasteiger partial charge in [0.15, 0.2) is 0 Å². The second-order valence-electron chi connectivity index (χ2n) is 6.07. The molecule has 7 nitrogen and oxygen atoms in total. The smallest absolute Gasteiger partial charge is 0.259 e. The number of aryl methyl sites for hydroxylation is 1. The molecule has 4 rings (SSSR count). The first kappa shape index (κ1) is 15.4. The SMILES string of the molecule is CCN(CCc1nc2ccccc2[nH]1)C(=O)c1cnn2ccn(C)c12. The average Bonchev–Trinajstić information content (AvgIpc) is 3.31. The summed E-state index contributed by atoms with van der Waals surface area (Å²) in [5.41, 5.74) is 3.41. The number of para-hydroxylation sites is 2. The normalized spacial score (nSPS) is 11.4. The van der Waals surface area contributed by atoms with E-state index in [2.05, 4.69) is 15.1 Å². The van der Waals surface area contributed by atoms with Crippen LogP contribution in [0.3, 0.4) is 0 Å². The number of fused-ring (bicyclic) bond motifs is 2. The molecule has 1 amide bonds. The molecule has 0 aliphatic rings. The number of rotatable bonds is 5. The number of aromatic amines is 1. The van der Waals surface area contributed by atoms with E-state index in [1.54, 1.807) is 10.7 Å². The van der Waals surface area contributed by atoms with Crippen LogP contribution in [0, 0.1) is 0 Å². The van der Waals surface area contributed by atoms with Crippen LogP contribution in [0.15, 0.2) is 42.9 Å². The Balaban J connectivity index is 1.53. The van der Waals surface area contributed by atoms with E-state index in [0.717, 1.165) is 22.5 Å². The molecule has 0 saturated heterocycles. The molecule has 0 spiro atoms. The van der Waals surface area contributed by atoms with Crippen molar-refractivity contribution >= 4 is 22.6 Å². The topological polar surface area (TPSA) is 71.2 Å². The van der Waals surface area contributed by atoms with Crippen molar-refractivity contribution in [2.24, 2.45) is 7.05 Å². The largest absolute Gasteiger partial charge is 0.342 e. The minimum absolute atomic E-state index is 0.00425. The van der Waals surface area contributed by atoms with Gasteiger partial charge in [-0.2, -0.15) is 5.10 Å². The molecule has 0 atom stereocenters. The number of carbonyl (C=O) groups is 1.